The van der Waals surface area contributed by atoms with Gasteiger partial charge in [-0.1, -0.05) is 52.3 Å². The van der Waals surface area contributed by atoms with Crippen LogP contribution in [0.4, 0.5) is 0 Å². The number of hydrogen-bond acceptors (Lipinski definition) is 2. The van der Waals surface area contributed by atoms with Crippen molar-refractivity contribution in [3.8, 4) is 0 Å². The van der Waals surface area contributed by atoms with Crippen molar-refractivity contribution in [2.45, 2.75) is 12.8 Å². The van der Waals surface area contributed by atoms with Gasteiger partial charge in [-0.25, -0.2) is 0 Å². The number of likely N-dealkylation sites (tertiary alicyclic amines) is 1. The summed E-state index contributed by atoms with van der Waals surface area (Å²) in [5, 5.41) is 0. The fraction of sp³-hybridized carbons (Fsp3) is 0.200. The van der Waals surface area contributed by atoms with Gasteiger partial charge in [0.1, 0.15) is 0 Å². The molecule has 1 aliphatic heterocycles. The summed E-state index contributed by atoms with van der Waals surface area (Å²) in [4.78, 5) is 25.9. The van der Waals surface area contributed by atoms with Crippen LogP contribution in [0.15, 0.2) is 58.6 Å². The molecule has 120 valence electrons. The number of halogens is 1. The second-order valence-corrected chi connectivity index (χ2v) is 7.21. The van der Waals surface area contributed by atoms with Gasteiger partial charge in [-0.2, -0.15) is 0 Å². The van der Waals surface area contributed by atoms with Crippen LogP contribution in [0.1, 0.15) is 29.5 Å². The van der Waals surface area contributed by atoms with E-state index in [1.165, 1.54) is 23.0 Å². The van der Waals surface area contributed by atoms with Crippen LogP contribution in [0.2, 0.25) is 0 Å². The molecule has 0 unspecified atom stereocenters. The minimum absolute atomic E-state index is 0.0116. The Morgan fingerprint density at radius 1 is 1.12 bits per heavy atom. The van der Waals surface area contributed by atoms with Gasteiger partial charge in [-0.15, -0.1) is 0 Å². The summed E-state index contributed by atoms with van der Waals surface area (Å²) in [6, 6.07) is 16.4. The highest BCUT2D eigenvalue weighted by molar-refractivity contribution is 9.10. The van der Waals surface area contributed by atoms with Crippen LogP contribution >= 0.6 is 15.9 Å². The molecule has 0 spiro atoms. The molecular formula is C20H16BrNO2. The van der Waals surface area contributed by atoms with Crippen molar-refractivity contribution in [3.63, 3.8) is 0 Å². The quantitative estimate of drug-likeness (QED) is 0.748. The lowest BCUT2D eigenvalue weighted by molar-refractivity contribution is -0.138. The summed E-state index contributed by atoms with van der Waals surface area (Å²) >= 11 is 3.48. The Bertz CT molecular complexity index is 869. The molecule has 1 fully saturated rings. The van der Waals surface area contributed by atoms with Gasteiger partial charge >= 0.3 is 0 Å². The number of hydrogen-bond donors (Lipinski definition) is 0. The van der Waals surface area contributed by atoms with E-state index in [-0.39, 0.29) is 23.7 Å². The van der Waals surface area contributed by atoms with Gasteiger partial charge < -0.3 is 0 Å². The molecule has 0 aromatic heterocycles. The second kappa shape index (κ2) is 5.71. The molecule has 1 heterocycles. The number of benzene rings is 2. The fourth-order valence-electron chi connectivity index (χ4n) is 3.81. The Kier molecular flexibility index (Phi) is 3.65. The molecule has 2 aromatic rings. The van der Waals surface area contributed by atoms with Crippen molar-refractivity contribution in [2.75, 3.05) is 6.54 Å². The molecule has 0 saturated carbocycles. The SMILES string of the molecule is CC(=O)N1C[C@H]2C(=Cc3ccccc3[C@@H]2c2ccc(Br)cc2)C1=O. The van der Waals surface area contributed by atoms with Gasteiger partial charge in [0.25, 0.3) is 5.91 Å². The minimum atomic E-state index is -0.186. The van der Waals surface area contributed by atoms with E-state index in [1.54, 1.807) is 0 Å². The molecule has 0 radical (unpaired) electrons. The van der Waals surface area contributed by atoms with Gasteiger partial charge in [0.05, 0.1) is 0 Å². The van der Waals surface area contributed by atoms with E-state index in [0.29, 0.717) is 6.54 Å². The topological polar surface area (TPSA) is 37.4 Å². The Morgan fingerprint density at radius 3 is 2.54 bits per heavy atom. The first-order valence-corrected chi connectivity index (χ1v) is 8.74. The van der Waals surface area contributed by atoms with Crippen molar-refractivity contribution in [2.24, 2.45) is 5.92 Å². The van der Waals surface area contributed by atoms with Crippen LogP contribution in [0.3, 0.4) is 0 Å². The third kappa shape index (κ3) is 2.33. The Hall–Kier alpha value is -2.20. The molecule has 3 nitrogen and oxygen atoms in total. The highest BCUT2D eigenvalue weighted by atomic mass is 79.9. The van der Waals surface area contributed by atoms with Crippen LogP contribution in [0, 0.1) is 5.92 Å². The molecular weight excluding hydrogens is 366 g/mol. The lowest BCUT2D eigenvalue weighted by Gasteiger charge is -2.30. The van der Waals surface area contributed by atoms with Crippen LogP contribution in [0.25, 0.3) is 6.08 Å². The number of imide groups is 1. The number of amides is 2. The highest BCUT2D eigenvalue weighted by Gasteiger charge is 2.44. The summed E-state index contributed by atoms with van der Waals surface area (Å²) in [7, 11) is 0. The van der Waals surface area contributed by atoms with Gasteiger partial charge in [0, 0.05) is 35.4 Å². The van der Waals surface area contributed by atoms with Crippen LogP contribution < -0.4 is 0 Å². The maximum Gasteiger partial charge on any atom is 0.256 e. The van der Waals surface area contributed by atoms with E-state index >= 15 is 0 Å². The standard InChI is InChI=1S/C20H16BrNO2/c1-12(23)22-11-18-17(20(22)24)10-14-4-2-3-5-16(14)19(18)13-6-8-15(21)9-7-13/h2-10,18-19H,11H2,1H3/t18-,19-/m0/s1. The zero-order chi connectivity index (χ0) is 16.8. The maximum atomic E-state index is 12.7. The van der Waals surface area contributed by atoms with E-state index in [2.05, 4.69) is 34.1 Å². The summed E-state index contributed by atoms with van der Waals surface area (Å²) in [6.45, 7) is 1.91. The predicted octanol–water partition coefficient (Wildman–Crippen LogP) is 3.98. The first-order valence-electron chi connectivity index (χ1n) is 7.94. The number of carbonyl (C=O) groups excluding carboxylic acids is 2. The molecule has 2 atom stereocenters. The molecule has 24 heavy (non-hydrogen) atoms. The van der Waals surface area contributed by atoms with Crippen LogP contribution in [0.5, 0.6) is 0 Å². The zero-order valence-corrected chi connectivity index (χ0v) is 14.8. The Balaban J connectivity index is 1.88. The molecule has 2 amide bonds. The monoisotopic (exact) mass is 381 g/mol. The van der Waals surface area contributed by atoms with Gasteiger partial charge in [-0.3, -0.25) is 14.5 Å². The first-order chi connectivity index (χ1) is 11.6. The molecule has 0 bridgehead atoms. The molecule has 1 aliphatic carbocycles. The zero-order valence-electron chi connectivity index (χ0n) is 13.2. The summed E-state index contributed by atoms with van der Waals surface area (Å²) in [6.07, 6.45) is 1.96. The normalized spacial score (nSPS) is 22.0. The van der Waals surface area contributed by atoms with E-state index in [9.17, 15) is 9.59 Å². The Morgan fingerprint density at radius 2 is 1.83 bits per heavy atom. The Labute approximate surface area is 149 Å². The average Bonchev–Trinajstić information content (AvgIpc) is 2.91. The number of nitrogens with zero attached hydrogens (tertiary/aromatic N) is 1. The number of fused-ring (bicyclic) bond motifs is 2. The van der Waals surface area contributed by atoms with E-state index in [0.717, 1.165) is 15.6 Å². The van der Waals surface area contributed by atoms with Crippen molar-refractivity contribution < 1.29 is 9.59 Å². The van der Waals surface area contributed by atoms with Gasteiger partial charge in [0.2, 0.25) is 5.91 Å². The molecule has 0 N–H and O–H groups in total. The average molecular weight is 382 g/mol. The van der Waals surface area contributed by atoms with Crippen molar-refractivity contribution in [3.05, 3.63) is 75.3 Å². The fourth-order valence-corrected chi connectivity index (χ4v) is 4.07. The second-order valence-electron chi connectivity index (χ2n) is 6.30. The van der Waals surface area contributed by atoms with Gasteiger partial charge in [-0.05, 0) is 34.9 Å². The molecule has 2 aliphatic rings. The van der Waals surface area contributed by atoms with Crippen LogP contribution in [-0.2, 0) is 9.59 Å². The number of rotatable bonds is 1. The summed E-state index contributed by atoms with van der Waals surface area (Å²) < 4.78 is 1.03. The summed E-state index contributed by atoms with van der Waals surface area (Å²) in [5.41, 5.74) is 4.19. The molecule has 2 aromatic carbocycles. The molecule has 1 saturated heterocycles. The van der Waals surface area contributed by atoms with Crippen molar-refractivity contribution >= 4 is 33.8 Å². The maximum absolute atomic E-state index is 12.7. The van der Waals surface area contributed by atoms with Crippen molar-refractivity contribution in [1.29, 1.82) is 0 Å². The number of carbonyl (C=O) groups is 2. The first kappa shape index (κ1) is 15.3. The smallest absolute Gasteiger partial charge is 0.256 e. The highest BCUT2D eigenvalue weighted by Crippen LogP contribution is 2.46. The lowest BCUT2D eigenvalue weighted by atomic mass is 9.73. The third-order valence-corrected chi connectivity index (χ3v) is 5.45. The lowest BCUT2D eigenvalue weighted by Crippen LogP contribution is -2.30. The molecule has 4 heteroatoms. The minimum Gasteiger partial charge on any atom is -0.278 e. The van der Waals surface area contributed by atoms with E-state index in [1.807, 2.05) is 36.4 Å². The predicted molar refractivity (Wildman–Crippen MR) is 96.3 cm³/mol. The van der Waals surface area contributed by atoms with Crippen molar-refractivity contribution in [1.82, 2.24) is 4.90 Å². The van der Waals surface area contributed by atoms with E-state index in [4.69, 9.17) is 0 Å². The van der Waals surface area contributed by atoms with Crippen LogP contribution in [-0.4, -0.2) is 23.3 Å². The summed E-state index contributed by atoms with van der Waals surface area (Å²) in [5.74, 6) is -0.238. The molecule has 4 rings (SSSR count). The van der Waals surface area contributed by atoms with Gasteiger partial charge in [0.15, 0.2) is 0 Å². The third-order valence-electron chi connectivity index (χ3n) is 4.92. The van der Waals surface area contributed by atoms with E-state index < -0.39 is 0 Å². The largest absolute Gasteiger partial charge is 0.278 e.